The van der Waals surface area contributed by atoms with E-state index in [1.807, 2.05) is 37.4 Å². The van der Waals surface area contributed by atoms with Gasteiger partial charge in [-0.2, -0.15) is 9.61 Å². The summed E-state index contributed by atoms with van der Waals surface area (Å²) in [6.45, 7) is 3.93. The zero-order valence-electron chi connectivity index (χ0n) is 15.0. The number of hydrogen-bond donors (Lipinski definition) is 1. The number of amides is 1. The van der Waals surface area contributed by atoms with Crippen LogP contribution in [0.5, 0.6) is 0 Å². The van der Waals surface area contributed by atoms with Gasteiger partial charge in [-0.15, -0.1) is 26.6 Å². The molecule has 0 aromatic carbocycles. The molecule has 0 fully saturated rings. The van der Waals surface area contributed by atoms with Crippen molar-refractivity contribution in [1.82, 2.24) is 34.6 Å². The average Bonchev–Trinajstić information content (AvgIpc) is 3.36. The van der Waals surface area contributed by atoms with Crippen molar-refractivity contribution < 1.29 is 4.79 Å². The number of nitrogens with zero attached hydrogens (tertiary/aromatic N) is 7. The van der Waals surface area contributed by atoms with E-state index in [0.717, 1.165) is 17.2 Å². The van der Waals surface area contributed by atoms with Crippen LogP contribution >= 0.6 is 11.3 Å². The van der Waals surface area contributed by atoms with Crippen molar-refractivity contribution in [3.05, 3.63) is 47.0 Å². The minimum absolute atomic E-state index is 0.0601. The highest BCUT2D eigenvalue weighted by molar-refractivity contribution is 7.13. The van der Waals surface area contributed by atoms with Gasteiger partial charge in [-0.05, 0) is 38.5 Å². The molecule has 4 heterocycles. The zero-order chi connectivity index (χ0) is 18.8. The van der Waals surface area contributed by atoms with Crippen molar-refractivity contribution in [2.75, 3.05) is 5.32 Å². The molecule has 4 rings (SSSR count). The fourth-order valence-corrected chi connectivity index (χ4v) is 3.37. The van der Waals surface area contributed by atoms with E-state index < -0.39 is 0 Å². The van der Waals surface area contributed by atoms with Gasteiger partial charge in [0.25, 0.3) is 0 Å². The Morgan fingerprint density at radius 3 is 2.85 bits per heavy atom. The Hall–Kier alpha value is -3.14. The van der Waals surface area contributed by atoms with Crippen molar-refractivity contribution >= 4 is 28.0 Å². The molecule has 0 aliphatic rings. The fourth-order valence-electron chi connectivity index (χ4n) is 2.83. The SMILES string of the molecule is Cc1cc(C)n(-c2ccc3nnc(CCCC(=O)Nc4nccs4)n3n2)n1. The molecule has 0 atom stereocenters. The van der Waals surface area contributed by atoms with Gasteiger partial charge < -0.3 is 5.32 Å². The monoisotopic (exact) mass is 382 g/mol. The summed E-state index contributed by atoms with van der Waals surface area (Å²) < 4.78 is 3.50. The molecule has 0 unspecified atom stereocenters. The van der Waals surface area contributed by atoms with Crippen LogP contribution in [0.4, 0.5) is 5.13 Å². The maximum absolute atomic E-state index is 12.0. The predicted octanol–water partition coefficient (Wildman–Crippen LogP) is 2.34. The predicted molar refractivity (Wildman–Crippen MR) is 101 cm³/mol. The number of hydrogen-bond acceptors (Lipinski definition) is 7. The largest absolute Gasteiger partial charge is 0.302 e. The van der Waals surface area contributed by atoms with E-state index in [1.165, 1.54) is 11.3 Å². The fraction of sp³-hybridized carbons (Fsp3) is 0.294. The van der Waals surface area contributed by atoms with Crippen LogP contribution in [0, 0.1) is 13.8 Å². The highest BCUT2D eigenvalue weighted by Gasteiger charge is 2.12. The molecule has 9 nitrogen and oxygen atoms in total. The van der Waals surface area contributed by atoms with Gasteiger partial charge >= 0.3 is 0 Å². The van der Waals surface area contributed by atoms with Gasteiger partial charge in [0.2, 0.25) is 5.91 Å². The maximum Gasteiger partial charge on any atom is 0.226 e. The number of carbonyl (C=O) groups is 1. The summed E-state index contributed by atoms with van der Waals surface area (Å²) in [7, 11) is 0. The first kappa shape index (κ1) is 17.3. The molecular weight excluding hydrogens is 364 g/mol. The lowest BCUT2D eigenvalue weighted by Crippen LogP contribution is -2.12. The van der Waals surface area contributed by atoms with E-state index in [1.54, 1.807) is 15.4 Å². The van der Waals surface area contributed by atoms with Crippen molar-refractivity contribution in [2.45, 2.75) is 33.1 Å². The molecule has 1 N–H and O–H groups in total. The molecule has 4 aromatic heterocycles. The molecule has 138 valence electrons. The molecule has 0 bridgehead atoms. The van der Waals surface area contributed by atoms with E-state index >= 15 is 0 Å². The summed E-state index contributed by atoms with van der Waals surface area (Å²) >= 11 is 1.40. The highest BCUT2D eigenvalue weighted by Crippen LogP contribution is 2.13. The summed E-state index contributed by atoms with van der Waals surface area (Å²) in [6.07, 6.45) is 3.28. The van der Waals surface area contributed by atoms with Gasteiger partial charge in [-0.1, -0.05) is 0 Å². The third kappa shape index (κ3) is 3.70. The number of thiazole rings is 1. The summed E-state index contributed by atoms with van der Waals surface area (Å²) in [5, 5.41) is 22.7. The lowest BCUT2D eigenvalue weighted by molar-refractivity contribution is -0.116. The second-order valence-electron chi connectivity index (χ2n) is 6.16. The van der Waals surface area contributed by atoms with Crippen molar-refractivity contribution in [3.63, 3.8) is 0 Å². The number of anilines is 1. The van der Waals surface area contributed by atoms with Crippen LogP contribution in [-0.2, 0) is 11.2 Å². The maximum atomic E-state index is 12.0. The Kier molecular flexibility index (Phi) is 4.63. The van der Waals surface area contributed by atoms with Crippen LogP contribution in [0.15, 0.2) is 29.8 Å². The van der Waals surface area contributed by atoms with Crippen molar-refractivity contribution in [2.24, 2.45) is 0 Å². The number of rotatable bonds is 6. The molecule has 27 heavy (non-hydrogen) atoms. The minimum atomic E-state index is -0.0601. The van der Waals surface area contributed by atoms with E-state index in [-0.39, 0.29) is 5.91 Å². The lowest BCUT2D eigenvalue weighted by atomic mass is 10.2. The van der Waals surface area contributed by atoms with Gasteiger partial charge in [-0.25, -0.2) is 9.67 Å². The number of aryl methyl sites for hydroxylation is 3. The Morgan fingerprint density at radius 2 is 2.11 bits per heavy atom. The quantitative estimate of drug-likeness (QED) is 0.549. The molecule has 0 spiro atoms. The number of aromatic nitrogens is 7. The van der Waals surface area contributed by atoms with Crippen LogP contribution in [0.25, 0.3) is 11.5 Å². The smallest absolute Gasteiger partial charge is 0.226 e. The molecule has 0 radical (unpaired) electrons. The van der Waals surface area contributed by atoms with Crippen LogP contribution in [0.1, 0.15) is 30.1 Å². The molecule has 0 saturated heterocycles. The second-order valence-corrected chi connectivity index (χ2v) is 7.05. The first-order valence-electron chi connectivity index (χ1n) is 8.54. The van der Waals surface area contributed by atoms with E-state index in [4.69, 9.17) is 0 Å². The Morgan fingerprint density at radius 1 is 1.22 bits per heavy atom. The van der Waals surface area contributed by atoms with Gasteiger partial charge in [-0.3, -0.25) is 4.79 Å². The number of nitrogens with one attached hydrogen (secondary N) is 1. The molecule has 0 saturated carbocycles. The number of fused-ring (bicyclic) bond motifs is 1. The van der Waals surface area contributed by atoms with E-state index in [9.17, 15) is 4.79 Å². The first-order chi connectivity index (χ1) is 13.1. The topological polar surface area (TPSA) is 103 Å². The van der Waals surface area contributed by atoms with E-state index in [2.05, 4.69) is 30.7 Å². The summed E-state index contributed by atoms with van der Waals surface area (Å²) in [5.74, 6) is 1.36. The van der Waals surface area contributed by atoms with Crippen molar-refractivity contribution in [3.8, 4) is 5.82 Å². The molecule has 10 heteroatoms. The molecule has 4 aromatic rings. The minimum Gasteiger partial charge on any atom is -0.302 e. The first-order valence-corrected chi connectivity index (χ1v) is 9.42. The van der Waals surface area contributed by atoms with Gasteiger partial charge in [0.15, 0.2) is 22.4 Å². The third-order valence-electron chi connectivity index (χ3n) is 4.02. The molecular formula is C17H18N8OS. The van der Waals surface area contributed by atoms with Crippen LogP contribution < -0.4 is 5.32 Å². The zero-order valence-corrected chi connectivity index (χ0v) is 15.8. The average molecular weight is 382 g/mol. The van der Waals surface area contributed by atoms with Crippen LogP contribution in [0.2, 0.25) is 0 Å². The van der Waals surface area contributed by atoms with Crippen LogP contribution in [0.3, 0.4) is 0 Å². The van der Waals surface area contributed by atoms with Gasteiger partial charge in [0.1, 0.15) is 0 Å². The summed E-state index contributed by atoms with van der Waals surface area (Å²) in [5.41, 5.74) is 2.61. The third-order valence-corrected chi connectivity index (χ3v) is 4.71. The summed E-state index contributed by atoms with van der Waals surface area (Å²) in [6, 6.07) is 5.74. The molecule has 0 aliphatic carbocycles. The molecule has 1 amide bonds. The highest BCUT2D eigenvalue weighted by atomic mass is 32.1. The normalized spacial score (nSPS) is 11.2. The van der Waals surface area contributed by atoms with E-state index in [0.29, 0.717) is 35.9 Å². The van der Waals surface area contributed by atoms with Gasteiger partial charge in [0, 0.05) is 30.1 Å². The standard InChI is InChI=1S/C17H18N8OS/c1-11-10-12(2)24(22-11)15-7-6-14-21-20-13(25(14)23-15)4-3-5-16(26)19-17-18-8-9-27-17/h6-10H,3-5H2,1-2H3,(H,18,19,26). The number of carbonyl (C=O) groups excluding carboxylic acids is 1. The lowest BCUT2D eigenvalue weighted by Gasteiger charge is -2.05. The second kappa shape index (κ2) is 7.23. The van der Waals surface area contributed by atoms with Crippen molar-refractivity contribution in [1.29, 1.82) is 0 Å². The Bertz CT molecular complexity index is 1080. The molecule has 0 aliphatic heterocycles. The summed E-state index contributed by atoms with van der Waals surface area (Å²) in [4.78, 5) is 16.0. The van der Waals surface area contributed by atoms with Gasteiger partial charge in [0.05, 0.1) is 5.69 Å². The Labute approximate surface area is 159 Å². The Balaban J connectivity index is 1.46. The van der Waals surface area contributed by atoms with Crippen LogP contribution in [-0.4, -0.2) is 40.5 Å².